The van der Waals surface area contributed by atoms with E-state index in [1.165, 1.54) is 5.56 Å². The Labute approximate surface area is 83.3 Å². The molecule has 0 saturated heterocycles. The van der Waals surface area contributed by atoms with Crippen LogP contribution in [-0.4, -0.2) is 17.7 Å². The van der Waals surface area contributed by atoms with E-state index >= 15 is 0 Å². The molecule has 76 valence electrons. The molecule has 0 amide bonds. The fourth-order valence-electron chi connectivity index (χ4n) is 1.67. The molecule has 4 heteroatoms. The summed E-state index contributed by atoms with van der Waals surface area (Å²) in [4.78, 5) is 0. The number of nitrogens with two attached hydrogens (primary N) is 1. The van der Waals surface area contributed by atoms with Crippen LogP contribution in [0.1, 0.15) is 12.5 Å². The van der Waals surface area contributed by atoms with Crippen molar-refractivity contribution in [1.29, 1.82) is 0 Å². The van der Waals surface area contributed by atoms with Gasteiger partial charge in [0.15, 0.2) is 0 Å². The first-order valence-corrected chi connectivity index (χ1v) is 4.75. The highest BCUT2D eigenvalue weighted by atomic mass is 16.3. The number of hydrogen-bond acceptors (Lipinski definition) is 4. The van der Waals surface area contributed by atoms with E-state index in [0.29, 0.717) is 5.75 Å². The van der Waals surface area contributed by atoms with Crippen molar-refractivity contribution in [3.63, 3.8) is 0 Å². The third-order valence-corrected chi connectivity index (χ3v) is 2.29. The summed E-state index contributed by atoms with van der Waals surface area (Å²) in [6, 6.07) is 5.50. The summed E-state index contributed by atoms with van der Waals surface area (Å²) >= 11 is 0. The van der Waals surface area contributed by atoms with E-state index < -0.39 is 0 Å². The Hall–Kier alpha value is -1.26. The number of rotatable bonds is 2. The second kappa shape index (κ2) is 3.48. The van der Waals surface area contributed by atoms with Gasteiger partial charge in [-0.05, 0) is 18.6 Å². The van der Waals surface area contributed by atoms with Gasteiger partial charge < -0.3 is 15.8 Å². The third-order valence-electron chi connectivity index (χ3n) is 2.29. The summed E-state index contributed by atoms with van der Waals surface area (Å²) in [6.45, 7) is 3.52. The van der Waals surface area contributed by atoms with Crippen molar-refractivity contribution >= 4 is 5.69 Å². The van der Waals surface area contributed by atoms with Crippen LogP contribution < -0.4 is 16.2 Å². The van der Waals surface area contributed by atoms with Gasteiger partial charge in [0.05, 0.1) is 5.69 Å². The van der Waals surface area contributed by atoms with Crippen molar-refractivity contribution in [2.24, 2.45) is 5.73 Å². The zero-order valence-electron chi connectivity index (χ0n) is 8.20. The number of anilines is 1. The summed E-state index contributed by atoms with van der Waals surface area (Å²) < 4.78 is 0. The Balaban J connectivity index is 2.24. The number of nitrogens with zero attached hydrogens (tertiary/aromatic N) is 1. The van der Waals surface area contributed by atoms with Gasteiger partial charge in [-0.2, -0.15) is 0 Å². The van der Waals surface area contributed by atoms with Crippen molar-refractivity contribution < 1.29 is 5.11 Å². The molecule has 0 spiro atoms. The zero-order chi connectivity index (χ0) is 10.1. The van der Waals surface area contributed by atoms with Gasteiger partial charge in [-0.3, -0.25) is 0 Å². The van der Waals surface area contributed by atoms with Crippen LogP contribution in [0, 0.1) is 0 Å². The summed E-state index contributed by atoms with van der Waals surface area (Å²) in [5, 5.41) is 11.3. The summed E-state index contributed by atoms with van der Waals surface area (Å²) in [7, 11) is 0. The molecule has 1 aliphatic heterocycles. The Bertz CT molecular complexity index is 338. The summed E-state index contributed by atoms with van der Waals surface area (Å²) in [5.74, 6) is 0.294. The molecule has 0 bridgehead atoms. The molecule has 1 aromatic rings. The number of hydrogen-bond donors (Lipinski definition) is 3. The smallest absolute Gasteiger partial charge is 0.117 e. The minimum Gasteiger partial charge on any atom is -0.508 e. The number of benzene rings is 1. The highest BCUT2D eigenvalue weighted by Gasteiger charge is 2.19. The van der Waals surface area contributed by atoms with Crippen molar-refractivity contribution in [2.75, 3.05) is 11.6 Å². The van der Waals surface area contributed by atoms with Crippen molar-refractivity contribution in [3.8, 4) is 5.75 Å². The van der Waals surface area contributed by atoms with Gasteiger partial charge in [0, 0.05) is 25.2 Å². The summed E-state index contributed by atoms with van der Waals surface area (Å²) in [5.41, 5.74) is 11.2. The Morgan fingerprint density at radius 1 is 1.64 bits per heavy atom. The van der Waals surface area contributed by atoms with Crippen molar-refractivity contribution in [3.05, 3.63) is 23.8 Å². The van der Waals surface area contributed by atoms with Gasteiger partial charge in [0.25, 0.3) is 0 Å². The molecule has 1 atom stereocenters. The Kier molecular flexibility index (Phi) is 2.31. The number of nitrogens with one attached hydrogen (secondary N) is 1. The molecule has 0 fully saturated rings. The molecule has 0 unspecified atom stereocenters. The molecule has 1 aromatic carbocycles. The molecule has 0 saturated carbocycles. The molecule has 0 aliphatic carbocycles. The van der Waals surface area contributed by atoms with Crippen LogP contribution in [0.2, 0.25) is 0 Å². The normalized spacial score (nSPS) is 16.9. The quantitative estimate of drug-likeness (QED) is 0.642. The van der Waals surface area contributed by atoms with Gasteiger partial charge in [-0.25, -0.2) is 5.43 Å². The van der Waals surface area contributed by atoms with Crippen LogP contribution in [0.3, 0.4) is 0 Å². The second-order valence-electron chi connectivity index (χ2n) is 3.74. The zero-order valence-corrected chi connectivity index (χ0v) is 8.20. The molecular weight excluding hydrogens is 178 g/mol. The molecule has 4 nitrogen and oxygen atoms in total. The van der Waals surface area contributed by atoms with Gasteiger partial charge in [0.1, 0.15) is 5.75 Å². The largest absolute Gasteiger partial charge is 0.508 e. The van der Waals surface area contributed by atoms with Crippen LogP contribution in [0.4, 0.5) is 5.69 Å². The van der Waals surface area contributed by atoms with E-state index in [0.717, 1.165) is 18.8 Å². The minimum absolute atomic E-state index is 0.107. The maximum Gasteiger partial charge on any atom is 0.117 e. The van der Waals surface area contributed by atoms with Gasteiger partial charge in [0.2, 0.25) is 0 Å². The second-order valence-corrected chi connectivity index (χ2v) is 3.74. The molecule has 1 heterocycles. The molecule has 0 aromatic heterocycles. The van der Waals surface area contributed by atoms with Crippen LogP contribution in [0.5, 0.6) is 5.75 Å². The molecule has 1 aliphatic rings. The lowest BCUT2D eigenvalue weighted by atomic mass is 10.2. The number of hydrazine groups is 1. The van der Waals surface area contributed by atoms with E-state index in [-0.39, 0.29) is 6.04 Å². The van der Waals surface area contributed by atoms with Gasteiger partial charge in [-0.15, -0.1) is 0 Å². The Morgan fingerprint density at radius 2 is 2.43 bits per heavy atom. The highest BCUT2D eigenvalue weighted by Crippen LogP contribution is 2.28. The van der Waals surface area contributed by atoms with Crippen LogP contribution in [-0.2, 0) is 6.54 Å². The molecule has 4 N–H and O–H groups in total. The monoisotopic (exact) mass is 193 g/mol. The molecular formula is C10H15N3O. The standard InChI is InChI=1S/C10H15N3O/c1-7(11)6-13-10-4-9(14)3-2-8(10)5-12-13/h2-4,7,12,14H,5-6,11H2,1H3/t7-/m0/s1. The fourth-order valence-corrected chi connectivity index (χ4v) is 1.67. The first-order valence-electron chi connectivity index (χ1n) is 4.75. The Morgan fingerprint density at radius 3 is 3.14 bits per heavy atom. The van der Waals surface area contributed by atoms with E-state index in [1.807, 2.05) is 18.0 Å². The van der Waals surface area contributed by atoms with Crippen molar-refractivity contribution in [2.45, 2.75) is 19.5 Å². The number of phenols is 1. The lowest BCUT2D eigenvalue weighted by Gasteiger charge is -2.21. The van der Waals surface area contributed by atoms with Crippen LogP contribution >= 0.6 is 0 Å². The lowest BCUT2D eigenvalue weighted by Crippen LogP contribution is -2.40. The van der Waals surface area contributed by atoms with E-state index in [9.17, 15) is 5.11 Å². The molecule has 0 radical (unpaired) electrons. The number of aromatic hydroxyl groups is 1. The van der Waals surface area contributed by atoms with E-state index in [4.69, 9.17) is 5.73 Å². The topological polar surface area (TPSA) is 61.5 Å². The minimum atomic E-state index is 0.107. The maximum absolute atomic E-state index is 9.36. The van der Waals surface area contributed by atoms with Crippen molar-refractivity contribution in [1.82, 2.24) is 5.43 Å². The SMILES string of the molecule is C[C@H](N)CN1NCc2ccc(O)cc21. The van der Waals surface area contributed by atoms with Gasteiger partial charge in [-0.1, -0.05) is 6.07 Å². The third kappa shape index (κ3) is 1.66. The number of phenolic OH excluding ortho intramolecular Hbond substituents is 1. The van der Waals surface area contributed by atoms with E-state index in [2.05, 4.69) is 5.43 Å². The van der Waals surface area contributed by atoms with Crippen LogP contribution in [0.25, 0.3) is 0 Å². The summed E-state index contributed by atoms with van der Waals surface area (Å²) in [6.07, 6.45) is 0. The van der Waals surface area contributed by atoms with Gasteiger partial charge >= 0.3 is 0 Å². The lowest BCUT2D eigenvalue weighted by molar-refractivity contribution is 0.475. The first-order chi connectivity index (χ1) is 6.66. The number of fused-ring (bicyclic) bond motifs is 1. The predicted molar refractivity (Wildman–Crippen MR) is 55.9 cm³/mol. The highest BCUT2D eigenvalue weighted by molar-refractivity contribution is 5.59. The van der Waals surface area contributed by atoms with E-state index in [1.54, 1.807) is 12.1 Å². The average molecular weight is 193 g/mol. The maximum atomic E-state index is 9.36. The first kappa shape index (κ1) is 9.30. The molecule has 14 heavy (non-hydrogen) atoms. The molecule has 2 rings (SSSR count). The predicted octanol–water partition coefficient (Wildman–Crippen LogP) is 0.564. The van der Waals surface area contributed by atoms with Crippen LogP contribution in [0.15, 0.2) is 18.2 Å². The average Bonchev–Trinajstić information content (AvgIpc) is 2.47. The fraction of sp³-hybridized carbons (Fsp3) is 0.400.